The normalized spacial score (nSPS) is 16.1. The maximum atomic E-state index is 12.8. The first kappa shape index (κ1) is 36.7. The summed E-state index contributed by atoms with van der Waals surface area (Å²) in [6.07, 6.45) is 2.80. The van der Waals surface area contributed by atoms with Gasteiger partial charge in [0.25, 0.3) is 5.91 Å². The number of phenols is 2. The Morgan fingerprint density at radius 2 is 1.22 bits per heavy atom. The molecule has 0 spiro atoms. The Morgan fingerprint density at radius 1 is 0.733 bits per heavy atom. The number of phenolic OH excluding ortho intramolecular Hbond substituents is 2. The summed E-state index contributed by atoms with van der Waals surface area (Å²) in [4.78, 5) is 17.5. The minimum Gasteiger partial charge on any atom is -0.507 e. The summed E-state index contributed by atoms with van der Waals surface area (Å²) in [5.41, 5.74) is 4.20. The number of nitrogens with zero attached hydrogens (tertiary/aromatic N) is 2. The van der Waals surface area contributed by atoms with E-state index in [1.165, 1.54) is 0 Å². The second kappa shape index (κ2) is 19.0. The topological polar surface area (TPSA) is 181 Å². The second-order valence-electron chi connectivity index (χ2n) is 12.1. The molecule has 1 aliphatic heterocycles. The van der Waals surface area contributed by atoms with E-state index in [1.54, 1.807) is 6.07 Å². The molecule has 1 aliphatic rings. The highest BCUT2D eigenvalue weighted by molar-refractivity contribution is 5.97. The van der Waals surface area contributed by atoms with Crippen LogP contribution in [0.1, 0.15) is 57.4 Å². The fourth-order valence-electron chi connectivity index (χ4n) is 5.71. The van der Waals surface area contributed by atoms with Gasteiger partial charge in [0.15, 0.2) is 0 Å². The van der Waals surface area contributed by atoms with Gasteiger partial charge in [-0.15, -0.1) is 0 Å². The van der Waals surface area contributed by atoms with E-state index in [1.807, 2.05) is 32.0 Å². The molecule has 0 unspecified atom stereocenters. The number of aryl methyl sites for hydroxylation is 2. The minimum absolute atomic E-state index is 0.0943. The Morgan fingerprint density at radius 3 is 1.78 bits per heavy atom. The molecule has 12 nitrogen and oxygen atoms in total. The summed E-state index contributed by atoms with van der Waals surface area (Å²) in [6.45, 7) is 9.09. The quantitative estimate of drug-likeness (QED) is 0.149. The molecule has 0 atom stereocenters. The molecule has 1 amide bonds. The highest BCUT2D eigenvalue weighted by Gasteiger charge is 2.21. The molecule has 12 heteroatoms. The van der Waals surface area contributed by atoms with Gasteiger partial charge in [-0.1, -0.05) is 23.8 Å². The van der Waals surface area contributed by atoms with Crippen LogP contribution in [0.25, 0.3) is 0 Å². The monoisotopic (exact) mass is 631 g/mol. The Kier molecular flexibility index (Phi) is 15.5. The number of amides is 1. The van der Waals surface area contributed by atoms with Crippen LogP contribution in [0, 0.1) is 13.8 Å². The van der Waals surface area contributed by atoms with Crippen LogP contribution >= 0.6 is 0 Å². The summed E-state index contributed by atoms with van der Waals surface area (Å²) in [6, 6.07) is 6.17. The number of carbonyl (C=O) groups excluding carboxylic acids is 1. The fraction of sp³-hybridized carbons (Fsp3) is 0.606. The van der Waals surface area contributed by atoms with Gasteiger partial charge in [0.1, 0.15) is 11.5 Å². The summed E-state index contributed by atoms with van der Waals surface area (Å²) in [7, 11) is 0. The van der Waals surface area contributed by atoms with Crippen molar-refractivity contribution in [3.63, 3.8) is 0 Å². The molecule has 0 aromatic heterocycles. The third-order valence-electron chi connectivity index (χ3n) is 8.18. The van der Waals surface area contributed by atoms with Gasteiger partial charge in [-0.2, -0.15) is 0 Å². The molecule has 2 aromatic rings. The van der Waals surface area contributed by atoms with E-state index in [-0.39, 0.29) is 30.3 Å². The first-order valence-corrected chi connectivity index (χ1v) is 16.0. The summed E-state index contributed by atoms with van der Waals surface area (Å²) in [5.74, 6) is -0.408. The molecule has 1 heterocycles. The van der Waals surface area contributed by atoms with Crippen LogP contribution in [0.15, 0.2) is 24.3 Å². The van der Waals surface area contributed by atoms with Gasteiger partial charge in [-0.25, -0.2) is 0 Å². The lowest BCUT2D eigenvalue weighted by Gasteiger charge is -2.28. The lowest BCUT2D eigenvalue weighted by molar-refractivity contribution is 0.0876. The molecule has 3 rings (SSSR count). The minimum atomic E-state index is -0.804. The zero-order valence-corrected chi connectivity index (χ0v) is 26.8. The second-order valence-corrected chi connectivity index (χ2v) is 12.1. The van der Waals surface area contributed by atoms with Crippen LogP contribution in [0.2, 0.25) is 0 Å². The average Bonchev–Trinajstić information content (AvgIpc) is 3.01. The van der Waals surface area contributed by atoms with Crippen LogP contribution in [0.5, 0.6) is 11.5 Å². The van der Waals surface area contributed by atoms with Crippen molar-refractivity contribution in [2.75, 3.05) is 65.7 Å². The predicted octanol–water partition coefficient (Wildman–Crippen LogP) is 0.318. The largest absolute Gasteiger partial charge is 0.507 e. The molecule has 9 N–H and O–H groups in total. The van der Waals surface area contributed by atoms with Crippen molar-refractivity contribution in [2.45, 2.75) is 64.8 Å². The molecule has 252 valence electrons. The number of aromatic hydroxyl groups is 2. The fourth-order valence-corrected chi connectivity index (χ4v) is 5.71. The molecule has 0 bridgehead atoms. The SMILES string of the molecule is Cc1cc(CNC(CO)CO)c(O)c(CN2CCCNCCCN(Cc3cc(C)cc(C(=O)NC(CO)CO)c3O)CCC2)c1. The van der Waals surface area contributed by atoms with Gasteiger partial charge < -0.3 is 46.6 Å². The highest BCUT2D eigenvalue weighted by atomic mass is 16.3. The van der Waals surface area contributed by atoms with Gasteiger partial charge in [-0.3, -0.25) is 14.6 Å². The molecule has 2 aromatic carbocycles. The molecule has 0 saturated carbocycles. The van der Waals surface area contributed by atoms with E-state index in [9.17, 15) is 35.4 Å². The highest BCUT2D eigenvalue weighted by Crippen LogP contribution is 2.28. The van der Waals surface area contributed by atoms with Crippen molar-refractivity contribution in [1.29, 1.82) is 0 Å². The summed E-state index contributed by atoms with van der Waals surface area (Å²) < 4.78 is 0. The van der Waals surface area contributed by atoms with Crippen molar-refractivity contribution >= 4 is 5.91 Å². The molecule has 1 saturated heterocycles. The number of benzene rings is 2. The van der Waals surface area contributed by atoms with Crippen molar-refractivity contribution < 1.29 is 35.4 Å². The molecule has 1 fully saturated rings. The van der Waals surface area contributed by atoms with Crippen molar-refractivity contribution in [3.05, 3.63) is 57.6 Å². The predicted molar refractivity (Wildman–Crippen MR) is 173 cm³/mol. The standard InChI is InChI=1S/C33H53N5O7/c1-23-12-25(16-35-28(19-39)20-40)31(43)26(13-23)17-37-8-3-6-34-7-4-9-38(11-5-10-37)18-27-14-24(2)15-30(32(27)44)33(45)36-29(21-41)22-42/h12-15,28-29,34-35,39-44H,3-11,16-22H2,1-2H3,(H,36,45). The Bertz CT molecular complexity index is 1210. The number of aliphatic hydroxyl groups excluding tert-OH is 4. The van der Waals surface area contributed by atoms with Crippen molar-refractivity contribution in [1.82, 2.24) is 25.8 Å². The van der Waals surface area contributed by atoms with Crippen LogP contribution in [0.4, 0.5) is 0 Å². The average molecular weight is 632 g/mol. The number of nitrogens with one attached hydrogen (secondary N) is 3. The lowest BCUT2D eigenvalue weighted by atomic mass is 10.0. The zero-order chi connectivity index (χ0) is 32.8. The first-order valence-electron chi connectivity index (χ1n) is 16.0. The number of hydrogen-bond acceptors (Lipinski definition) is 11. The van der Waals surface area contributed by atoms with Crippen molar-refractivity contribution in [2.24, 2.45) is 0 Å². The van der Waals surface area contributed by atoms with E-state index in [4.69, 9.17) is 0 Å². The van der Waals surface area contributed by atoms with E-state index in [2.05, 4.69) is 25.8 Å². The zero-order valence-electron chi connectivity index (χ0n) is 26.8. The lowest BCUT2D eigenvalue weighted by Crippen LogP contribution is -2.40. The number of aliphatic hydroxyl groups is 4. The molecular formula is C33H53N5O7. The van der Waals surface area contributed by atoms with Gasteiger partial charge in [0.05, 0.1) is 44.1 Å². The number of carbonyl (C=O) groups is 1. The number of rotatable bonds is 13. The Labute approximate surface area is 266 Å². The van der Waals surface area contributed by atoms with E-state index >= 15 is 0 Å². The summed E-state index contributed by atoms with van der Waals surface area (Å²) in [5, 5.41) is 68.9. The van der Waals surface area contributed by atoms with Crippen LogP contribution < -0.4 is 16.0 Å². The Balaban J connectivity index is 1.71. The maximum Gasteiger partial charge on any atom is 0.255 e. The van der Waals surface area contributed by atoms with E-state index < -0.39 is 31.2 Å². The van der Waals surface area contributed by atoms with Crippen LogP contribution in [-0.4, -0.2) is 124 Å². The van der Waals surface area contributed by atoms with Gasteiger partial charge in [0, 0.05) is 36.3 Å². The summed E-state index contributed by atoms with van der Waals surface area (Å²) >= 11 is 0. The van der Waals surface area contributed by atoms with Gasteiger partial charge in [-0.05, 0) is 84.0 Å². The van der Waals surface area contributed by atoms with E-state index in [0.717, 1.165) is 80.8 Å². The first-order chi connectivity index (χ1) is 21.7. The molecule has 45 heavy (non-hydrogen) atoms. The van der Waals surface area contributed by atoms with Crippen molar-refractivity contribution in [3.8, 4) is 11.5 Å². The maximum absolute atomic E-state index is 12.8. The van der Waals surface area contributed by atoms with E-state index in [0.29, 0.717) is 25.2 Å². The van der Waals surface area contributed by atoms with Gasteiger partial charge in [0.2, 0.25) is 0 Å². The number of hydrogen-bond donors (Lipinski definition) is 9. The third kappa shape index (κ3) is 11.5. The smallest absolute Gasteiger partial charge is 0.255 e. The Hall–Kier alpha value is -2.81. The molecule has 0 radical (unpaired) electrons. The molecule has 0 aliphatic carbocycles. The van der Waals surface area contributed by atoms with Crippen LogP contribution in [0.3, 0.4) is 0 Å². The van der Waals surface area contributed by atoms with Crippen LogP contribution in [-0.2, 0) is 19.6 Å². The van der Waals surface area contributed by atoms with Gasteiger partial charge >= 0.3 is 0 Å². The third-order valence-corrected chi connectivity index (χ3v) is 8.18. The molecular weight excluding hydrogens is 578 g/mol.